The minimum absolute atomic E-state index is 0.729. The highest BCUT2D eigenvalue weighted by Gasteiger charge is 2.26. The summed E-state index contributed by atoms with van der Waals surface area (Å²) in [4.78, 5) is 2.66. The van der Waals surface area contributed by atoms with Crippen LogP contribution in [0.5, 0.6) is 0 Å². The molecule has 0 spiro atoms. The first-order chi connectivity index (χ1) is 8.81. The molecule has 0 amide bonds. The predicted octanol–water partition coefficient (Wildman–Crippen LogP) is 2.86. The van der Waals surface area contributed by atoms with Crippen LogP contribution in [0.1, 0.15) is 37.7 Å². The molecule has 0 bridgehead atoms. The van der Waals surface area contributed by atoms with E-state index in [2.05, 4.69) is 47.5 Å². The highest BCUT2D eigenvalue weighted by atomic mass is 15.2. The van der Waals surface area contributed by atoms with Gasteiger partial charge in [-0.1, -0.05) is 30.3 Å². The van der Waals surface area contributed by atoms with Gasteiger partial charge in [0, 0.05) is 12.6 Å². The molecular weight excluding hydrogens is 220 g/mol. The third-order valence-corrected chi connectivity index (χ3v) is 4.16. The number of nitrogens with one attached hydrogen (secondary N) is 1. The predicted molar refractivity (Wildman–Crippen MR) is 78.0 cm³/mol. The van der Waals surface area contributed by atoms with Crippen molar-refractivity contribution in [1.29, 1.82) is 0 Å². The first-order valence-electron chi connectivity index (χ1n) is 7.25. The number of benzene rings is 1. The van der Waals surface area contributed by atoms with Gasteiger partial charge >= 0.3 is 0 Å². The van der Waals surface area contributed by atoms with Crippen LogP contribution >= 0.6 is 0 Å². The van der Waals surface area contributed by atoms with Crippen LogP contribution in [-0.2, 0) is 0 Å². The molecule has 18 heavy (non-hydrogen) atoms. The molecule has 0 aliphatic carbocycles. The minimum atomic E-state index is 0.729. The third kappa shape index (κ3) is 3.56. The lowest BCUT2D eigenvalue weighted by Crippen LogP contribution is -2.31. The van der Waals surface area contributed by atoms with Gasteiger partial charge in [-0.05, 0) is 57.8 Å². The molecule has 0 saturated carbocycles. The highest BCUT2D eigenvalue weighted by Crippen LogP contribution is 2.28. The maximum absolute atomic E-state index is 3.23. The second kappa shape index (κ2) is 6.91. The van der Waals surface area contributed by atoms with Crippen molar-refractivity contribution >= 4 is 0 Å². The van der Waals surface area contributed by atoms with Gasteiger partial charge in [-0.3, -0.25) is 0 Å². The molecule has 2 nitrogen and oxygen atoms in total. The Hall–Kier alpha value is -0.860. The van der Waals surface area contributed by atoms with Gasteiger partial charge in [-0.25, -0.2) is 0 Å². The molecule has 1 heterocycles. The van der Waals surface area contributed by atoms with Gasteiger partial charge in [0.2, 0.25) is 0 Å². The summed E-state index contributed by atoms with van der Waals surface area (Å²) in [6, 6.07) is 11.7. The minimum Gasteiger partial charge on any atom is -0.320 e. The smallest absolute Gasteiger partial charge is 0.00676 e. The van der Waals surface area contributed by atoms with Crippen LogP contribution in [0.25, 0.3) is 0 Å². The fourth-order valence-electron chi connectivity index (χ4n) is 2.94. The zero-order valence-electron chi connectivity index (χ0n) is 11.7. The molecule has 1 aromatic rings. The number of rotatable bonds is 6. The molecule has 1 aliphatic rings. The molecule has 1 saturated heterocycles. The zero-order chi connectivity index (χ0) is 12.8. The molecule has 1 fully saturated rings. The van der Waals surface area contributed by atoms with E-state index in [-0.39, 0.29) is 0 Å². The van der Waals surface area contributed by atoms with E-state index in [4.69, 9.17) is 0 Å². The van der Waals surface area contributed by atoms with E-state index >= 15 is 0 Å². The van der Waals surface area contributed by atoms with Crippen molar-refractivity contribution in [2.75, 3.05) is 26.7 Å². The first-order valence-corrected chi connectivity index (χ1v) is 7.25. The quantitative estimate of drug-likeness (QED) is 0.777. The van der Waals surface area contributed by atoms with Gasteiger partial charge in [-0.2, -0.15) is 0 Å². The van der Waals surface area contributed by atoms with Crippen LogP contribution in [0.4, 0.5) is 0 Å². The Labute approximate surface area is 111 Å². The van der Waals surface area contributed by atoms with Gasteiger partial charge in [0.05, 0.1) is 0 Å². The molecule has 0 radical (unpaired) electrons. The average Bonchev–Trinajstić information content (AvgIpc) is 2.89. The average molecular weight is 246 g/mol. The second-order valence-corrected chi connectivity index (χ2v) is 5.49. The second-order valence-electron chi connectivity index (χ2n) is 5.49. The Kier molecular flexibility index (Phi) is 5.21. The van der Waals surface area contributed by atoms with E-state index in [0.717, 1.165) is 18.5 Å². The van der Waals surface area contributed by atoms with Crippen LogP contribution in [0.2, 0.25) is 0 Å². The van der Waals surface area contributed by atoms with E-state index in [1.165, 1.54) is 37.9 Å². The Morgan fingerprint density at radius 2 is 2.11 bits per heavy atom. The van der Waals surface area contributed by atoms with Crippen molar-refractivity contribution in [2.24, 2.45) is 0 Å². The molecule has 100 valence electrons. The SMILES string of the molecule is CNCCCC(C)N1CCC(c2ccccc2)C1. The zero-order valence-corrected chi connectivity index (χ0v) is 11.7. The van der Waals surface area contributed by atoms with Gasteiger partial charge < -0.3 is 10.2 Å². The van der Waals surface area contributed by atoms with E-state index in [0.29, 0.717) is 0 Å². The summed E-state index contributed by atoms with van der Waals surface area (Å²) < 4.78 is 0. The van der Waals surface area contributed by atoms with Crippen molar-refractivity contribution in [1.82, 2.24) is 10.2 Å². The number of likely N-dealkylation sites (tertiary alicyclic amines) is 1. The van der Waals surface area contributed by atoms with Crippen LogP contribution in [0.15, 0.2) is 30.3 Å². The summed E-state index contributed by atoms with van der Waals surface area (Å²) in [6.45, 7) is 6.02. The van der Waals surface area contributed by atoms with Crippen LogP contribution in [-0.4, -0.2) is 37.6 Å². The van der Waals surface area contributed by atoms with Gasteiger partial charge in [0.15, 0.2) is 0 Å². The van der Waals surface area contributed by atoms with Crippen molar-refractivity contribution in [2.45, 2.75) is 38.1 Å². The first kappa shape index (κ1) is 13.6. The van der Waals surface area contributed by atoms with E-state index in [1.54, 1.807) is 0 Å². The standard InChI is InChI=1S/C16H26N2/c1-14(7-6-11-17-2)18-12-10-16(13-18)15-8-4-3-5-9-15/h3-5,8-9,14,16-17H,6-7,10-13H2,1-2H3. The fraction of sp³-hybridized carbons (Fsp3) is 0.625. The van der Waals surface area contributed by atoms with E-state index < -0.39 is 0 Å². The Balaban J connectivity index is 1.81. The Morgan fingerprint density at radius 3 is 2.83 bits per heavy atom. The highest BCUT2D eigenvalue weighted by molar-refractivity contribution is 5.21. The summed E-state index contributed by atoms with van der Waals surface area (Å²) >= 11 is 0. The molecule has 2 rings (SSSR count). The summed E-state index contributed by atoms with van der Waals surface area (Å²) in [7, 11) is 2.03. The summed E-state index contributed by atoms with van der Waals surface area (Å²) in [5, 5.41) is 3.23. The molecule has 2 heteroatoms. The fourth-order valence-corrected chi connectivity index (χ4v) is 2.94. The van der Waals surface area contributed by atoms with Gasteiger partial charge in [-0.15, -0.1) is 0 Å². The number of hydrogen-bond acceptors (Lipinski definition) is 2. The molecular formula is C16H26N2. The summed E-state index contributed by atoms with van der Waals surface area (Å²) in [5.41, 5.74) is 1.52. The largest absolute Gasteiger partial charge is 0.320 e. The summed E-state index contributed by atoms with van der Waals surface area (Å²) in [5.74, 6) is 0.748. The van der Waals surface area contributed by atoms with Crippen LogP contribution in [0.3, 0.4) is 0 Å². The maximum Gasteiger partial charge on any atom is 0.00676 e. The molecule has 2 atom stereocenters. The molecule has 0 aromatic heterocycles. The third-order valence-electron chi connectivity index (χ3n) is 4.16. The van der Waals surface area contributed by atoms with E-state index in [9.17, 15) is 0 Å². The van der Waals surface area contributed by atoms with Gasteiger partial charge in [0.1, 0.15) is 0 Å². The van der Waals surface area contributed by atoms with Crippen molar-refractivity contribution in [3.05, 3.63) is 35.9 Å². The topological polar surface area (TPSA) is 15.3 Å². The Bertz CT molecular complexity index is 336. The summed E-state index contributed by atoms with van der Waals surface area (Å²) in [6.07, 6.45) is 3.91. The lowest BCUT2D eigenvalue weighted by atomic mass is 9.99. The monoisotopic (exact) mass is 246 g/mol. The maximum atomic E-state index is 3.23. The van der Waals surface area contributed by atoms with Gasteiger partial charge in [0.25, 0.3) is 0 Å². The molecule has 1 aliphatic heterocycles. The number of nitrogens with zero attached hydrogens (tertiary/aromatic N) is 1. The molecule has 1 N–H and O–H groups in total. The van der Waals surface area contributed by atoms with Crippen molar-refractivity contribution in [3.8, 4) is 0 Å². The normalized spacial score (nSPS) is 22.2. The lowest BCUT2D eigenvalue weighted by Gasteiger charge is -2.24. The lowest BCUT2D eigenvalue weighted by molar-refractivity contribution is 0.240. The van der Waals surface area contributed by atoms with E-state index in [1.807, 2.05) is 7.05 Å². The Morgan fingerprint density at radius 1 is 1.33 bits per heavy atom. The molecule has 1 aromatic carbocycles. The molecule has 2 unspecified atom stereocenters. The van der Waals surface area contributed by atoms with Crippen molar-refractivity contribution < 1.29 is 0 Å². The van der Waals surface area contributed by atoms with Crippen molar-refractivity contribution in [3.63, 3.8) is 0 Å². The van der Waals surface area contributed by atoms with Crippen LogP contribution < -0.4 is 5.32 Å². The van der Waals surface area contributed by atoms with Crippen LogP contribution in [0, 0.1) is 0 Å². The number of hydrogen-bond donors (Lipinski definition) is 1.